The maximum absolute atomic E-state index is 11.7. The Morgan fingerprint density at radius 1 is 1.37 bits per heavy atom. The molecule has 19 heavy (non-hydrogen) atoms. The number of carbonyl (C=O) groups excluding carboxylic acids is 2. The highest BCUT2D eigenvalue weighted by atomic mass is 16.2. The molecule has 0 aromatic rings. The summed E-state index contributed by atoms with van der Waals surface area (Å²) in [5.74, 6) is 0.515. The molecule has 0 aromatic carbocycles. The molecule has 0 radical (unpaired) electrons. The molecular formula is C14H27N3O2. The van der Waals surface area contributed by atoms with Gasteiger partial charge in [0.05, 0.1) is 0 Å². The normalized spacial score (nSPS) is 20.6. The monoisotopic (exact) mass is 269 g/mol. The van der Waals surface area contributed by atoms with Gasteiger partial charge in [-0.05, 0) is 45.2 Å². The molecule has 1 fully saturated rings. The second-order valence-corrected chi connectivity index (χ2v) is 5.39. The van der Waals surface area contributed by atoms with Crippen LogP contribution in [-0.4, -0.2) is 37.5 Å². The van der Waals surface area contributed by atoms with Gasteiger partial charge < -0.3 is 16.0 Å². The second kappa shape index (κ2) is 8.91. The van der Waals surface area contributed by atoms with Crippen molar-refractivity contribution in [1.29, 1.82) is 0 Å². The number of nitrogens with one attached hydrogen (secondary N) is 3. The van der Waals surface area contributed by atoms with Gasteiger partial charge in [0.25, 0.3) is 0 Å². The van der Waals surface area contributed by atoms with E-state index in [0.29, 0.717) is 25.3 Å². The molecule has 2 atom stereocenters. The third-order valence-corrected chi connectivity index (χ3v) is 3.57. The Bertz CT molecular complexity index is 288. The molecule has 2 amide bonds. The van der Waals surface area contributed by atoms with Crippen molar-refractivity contribution in [2.75, 3.05) is 19.6 Å². The smallest absolute Gasteiger partial charge is 0.221 e. The SMILES string of the molecule is CCC(C)NC(=O)CCNC(=O)CC1CCCNC1. The Labute approximate surface area is 115 Å². The van der Waals surface area contributed by atoms with Gasteiger partial charge in [0.15, 0.2) is 0 Å². The van der Waals surface area contributed by atoms with E-state index in [9.17, 15) is 9.59 Å². The summed E-state index contributed by atoms with van der Waals surface area (Å²) in [7, 11) is 0. The average molecular weight is 269 g/mol. The molecule has 1 aliphatic rings. The van der Waals surface area contributed by atoms with Crippen molar-refractivity contribution < 1.29 is 9.59 Å². The first kappa shape index (κ1) is 16.0. The van der Waals surface area contributed by atoms with Crippen molar-refractivity contribution in [3.05, 3.63) is 0 Å². The van der Waals surface area contributed by atoms with Crippen molar-refractivity contribution in [2.45, 2.75) is 52.0 Å². The van der Waals surface area contributed by atoms with Crippen LogP contribution in [0.4, 0.5) is 0 Å². The van der Waals surface area contributed by atoms with Crippen molar-refractivity contribution in [1.82, 2.24) is 16.0 Å². The molecule has 5 heteroatoms. The highest BCUT2D eigenvalue weighted by Gasteiger charge is 2.16. The molecule has 0 aromatic heterocycles. The maximum atomic E-state index is 11.7. The van der Waals surface area contributed by atoms with Gasteiger partial charge in [-0.2, -0.15) is 0 Å². The molecule has 0 bridgehead atoms. The van der Waals surface area contributed by atoms with E-state index < -0.39 is 0 Å². The summed E-state index contributed by atoms with van der Waals surface area (Å²) in [6.07, 6.45) is 4.12. The Morgan fingerprint density at radius 2 is 2.16 bits per heavy atom. The van der Waals surface area contributed by atoms with E-state index in [4.69, 9.17) is 0 Å². The summed E-state index contributed by atoms with van der Waals surface area (Å²) in [4.78, 5) is 23.2. The van der Waals surface area contributed by atoms with Crippen molar-refractivity contribution in [3.63, 3.8) is 0 Å². The third kappa shape index (κ3) is 7.15. The van der Waals surface area contributed by atoms with Crippen LogP contribution in [-0.2, 0) is 9.59 Å². The highest BCUT2D eigenvalue weighted by Crippen LogP contribution is 2.13. The Balaban J connectivity index is 2.07. The molecule has 0 aliphatic carbocycles. The van der Waals surface area contributed by atoms with Crippen molar-refractivity contribution in [2.24, 2.45) is 5.92 Å². The molecule has 2 unspecified atom stereocenters. The van der Waals surface area contributed by atoms with E-state index in [0.717, 1.165) is 32.4 Å². The summed E-state index contributed by atoms with van der Waals surface area (Å²) in [5.41, 5.74) is 0. The summed E-state index contributed by atoms with van der Waals surface area (Å²) in [5, 5.41) is 9.01. The molecule has 1 heterocycles. The quantitative estimate of drug-likeness (QED) is 0.640. The molecular weight excluding hydrogens is 242 g/mol. The zero-order chi connectivity index (χ0) is 14.1. The van der Waals surface area contributed by atoms with Crippen LogP contribution in [0.5, 0.6) is 0 Å². The fourth-order valence-corrected chi connectivity index (χ4v) is 2.20. The van der Waals surface area contributed by atoms with E-state index in [1.165, 1.54) is 0 Å². The van der Waals surface area contributed by atoms with Crippen LogP contribution in [0.15, 0.2) is 0 Å². The van der Waals surface area contributed by atoms with Gasteiger partial charge in [0, 0.05) is 25.4 Å². The summed E-state index contributed by atoms with van der Waals surface area (Å²) in [6, 6.07) is 0.205. The molecule has 0 saturated carbocycles. The first-order valence-corrected chi connectivity index (χ1v) is 7.38. The summed E-state index contributed by atoms with van der Waals surface area (Å²) >= 11 is 0. The van der Waals surface area contributed by atoms with Gasteiger partial charge in [-0.1, -0.05) is 6.92 Å². The Kier molecular flexibility index (Phi) is 7.48. The predicted molar refractivity (Wildman–Crippen MR) is 75.7 cm³/mol. The van der Waals surface area contributed by atoms with Crippen LogP contribution in [0.3, 0.4) is 0 Å². The number of rotatable bonds is 7. The molecule has 5 nitrogen and oxygen atoms in total. The largest absolute Gasteiger partial charge is 0.356 e. The molecule has 0 spiro atoms. The number of piperidine rings is 1. The number of carbonyl (C=O) groups is 2. The van der Waals surface area contributed by atoms with Crippen molar-refractivity contribution in [3.8, 4) is 0 Å². The Morgan fingerprint density at radius 3 is 2.79 bits per heavy atom. The molecule has 1 rings (SSSR count). The van der Waals surface area contributed by atoms with E-state index >= 15 is 0 Å². The summed E-state index contributed by atoms with van der Waals surface area (Å²) in [6.45, 7) is 6.44. The van der Waals surface area contributed by atoms with Crippen LogP contribution in [0.2, 0.25) is 0 Å². The first-order valence-electron chi connectivity index (χ1n) is 7.38. The van der Waals surface area contributed by atoms with E-state index in [-0.39, 0.29) is 17.9 Å². The van der Waals surface area contributed by atoms with Gasteiger partial charge in [-0.25, -0.2) is 0 Å². The summed E-state index contributed by atoms with van der Waals surface area (Å²) < 4.78 is 0. The maximum Gasteiger partial charge on any atom is 0.221 e. The fraction of sp³-hybridized carbons (Fsp3) is 0.857. The lowest BCUT2D eigenvalue weighted by Crippen LogP contribution is -2.37. The molecule has 1 saturated heterocycles. The Hall–Kier alpha value is -1.10. The lowest BCUT2D eigenvalue weighted by molar-refractivity contribution is -0.123. The zero-order valence-electron chi connectivity index (χ0n) is 12.1. The van der Waals surface area contributed by atoms with Crippen LogP contribution in [0.25, 0.3) is 0 Å². The van der Waals surface area contributed by atoms with E-state index in [2.05, 4.69) is 16.0 Å². The van der Waals surface area contributed by atoms with Gasteiger partial charge in [0.1, 0.15) is 0 Å². The van der Waals surface area contributed by atoms with E-state index in [1.807, 2.05) is 13.8 Å². The van der Waals surface area contributed by atoms with Crippen LogP contribution >= 0.6 is 0 Å². The van der Waals surface area contributed by atoms with Crippen LogP contribution in [0, 0.1) is 5.92 Å². The number of hydrogen-bond donors (Lipinski definition) is 3. The molecule has 3 N–H and O–H groups in total. The third-order valence-electron chi connectivity index (χ3n) is 3.57. The van der Waals surface area contributed by atoms with Gasteiger partial charge in [-0.15, -0.1) is 0 Å². The fourth-order valence-electron chi connectivity index (χ4n) is 2.20. The highest BCUT2D eigenvalue weighted by molar-refractivity contribution is 5.79. The minimum absolute atomic E-state index is 0.00832. The van der Waals surface area contributed by atoms with Gasteiger partial charge >= 0.3 is 0 Å². The topological polar surface area (TPSA) is 70.2 Å². The van der Waals surface area contributed by atoms with Gasteiger partial charge in [0.2, 0.25) is 11.8 Å². The lowest BCUT2D eigenvalue weighted by Gasteiger charge is -2.22. The zero-order valence-corrected chi connectivity index (χ0v) is 12.1. The minimum Gasteiger partial charge on any atom is -0.356 e. The standard InChI is InChI=1S/C14H27N3O2/c1-3-11(2)17-13(18)6-8-16-14(19)9-12-5-4-7-15-10-12/h11-12,15H,3-10H2,1-2H3,(H,16,19)(H,17,18). The first-order chi connectivity index (χ1) is 9.11. The number of hydrogen-bond acceptors (Lipinski definition) is 3. The average Bonchev–Trinajstić information content (AvgIpc) is 2.39. The second-order valence-electron chi connectivity index (χ2n) is 5.39. The molecule has 1 aliphatic heterocycles. The molecule has 110 valence electrons. The van der Waals surface area contributed by atoms with E-state index in [1.54, 1.807) is 0 Å². The van der Waals surface area contributed by atoms with Crippen LogP contribution in [0.1, 0.15) is 46.0 Å². The van der Waals surface area contributed by atoms with Crippen molar-refractivity contribution >= 4 is 11.8 Å². The predicted octanol–water partition coefficient (Wildman–Crippen LogP) is 0.797. The lowest BCUT2D eigenvalue weighted by atomic mass is 9.96. The van der Waals surface area contributed by atoms with Gasteiger partial charge in [-0.3, -0.25) is 9.59 Å². The van der Waals surface area contributed by atoms with Crippen LogP contribution < -0.4 is 16.0 Å². The number of amides is 2. The minimum atomic E-state index is 0.00832.